The molecular weight excluding hydrogens is 641 g/mol. The van der Waals surface area contributed by atoms with Crippen LogP contribution in [0.3, 0.4) is 0 Å². The molecule has 0 heterocycles. The predicted molar refractivity (Wildman–Crippen MR) is 227 cm³/mol. The van der Waals surface area contributed by atoms with Crippen LogP contribution in [0.1, 0.15) is 213 Å². The zero-order valence-electron chi connectivity index (χ0n) is 34.1. The van der Waals surface area contributed by atoms with Gasteiger partial charge in [0.2, 0.25) is 0 Å². The second kappa shape index (κ2) is 42.8. The Morgan fingerprint density at radius 1 is 0.442 bits per heavy atom. The van der Waals surface area contributed by atoms with E-state index >= 15 is 0 Å². The number of ether oxygens (including phenoxy) is 1. The third-order valence-electron chi connectivity index (χ3n) is 9.44. The fourth-order valence-electron chi connectivity index (χ4n) is 6.25. The van der Waals surface area contributed by atoms with Crippen LogP contribution >= 0.6 is 0 Å². The van der Waals surface area contributed by atoms with Gasteiger partial charge in [-0.25, -0.2) is 0 Å². The molecule has 0 aliphatic rings. The maximum absolute atomic E-state index is 12.7. The van der Waals surface area contributed by atoms with Crippen molar-refractivity contribution in [3.8, 4) is 0 Å². The standard InChI is InChI=1S/C48H82O4/c1-3-5-7-9-11-12-13-14-15-16-17-18-19-20-21-22-26-29-33-37-41-45-48(51)52-46(42-38-34-30-10-8-6-4-2)43-39-35-31-27-24-23-25-28-32-36-40-44-47(49)50/h5,7,11-12,14-15,17-18,20-21,26,29,46H,3-4,6,8-10,13,16,19,22-25,27-28,30-45H2,1-2H3,(H,49,50)/b7-5-,12-11-,15-14-,18-17-,21-20-,29-26-. The maximum atomic E-state index is 12.7. The Hall–Kier alpha value is -2.62. The largest absolute Gasteiger partial charge is 0.481 e. The van der Waals surface area contributed by atoms with Gasteiger partial charge in [-0.05, 0) is 89.9 Å². The lowest BCUT2D eigenvalue weighted by Gasteiger charge is -2.18. The van der Waals surface area contributed by atoms with Crippen molar-refractivity contribution >= 4 is 11.9 Å². The molecule has 52 heavy (non-hydrogen) atoms. The molecule has 1 N–H and O–H groups in total. The lowest BCUT2D eigenvalue weighted by atomic mass is 10.0. The van der Waals surface area contributed by atoms with E-state index < -0.39 is 5.97 Å². The van der Waals surface area contributed by atoms with Gasteiger partial charge in [0.25, 0.3) is 0 Å². The van der Waals surface area contributed by atoms with Gasteiger partial charge < -0.3 is 9.84 Å². The highest BCUT2D eigenvalue weighted by Crippen LogP contribution is 2.19. The Kier molecular flexibility index (Phi) is 40.6. The van der Waals surface area contributed by atoms with Crippen molar-refractivity contribution < 1.29 is 19.4 Å². The summed E-state index contributed by atoms with van der Waals surface area (Å²) in [5.74, 6) is -0.677. The first-order valence-corrected chi connectivity index (χ1v) is 21.9. The van der Waals surface area contributed by atoms with Gasteiger partial charge in [0.1, 0.15) is 6.10 Å². The third-order valence-corrected chi connectivity index (χ3v) is 9.44. The fraction of sp³-hybridized carbons (Fsp3) is 0.708. The SMILES string of the molecule is CC/C=C\C/C=C\C/C=C\C/C=C\C/C=C\C/C=C\CCCCC(=O)OC(CCCCCCCCC)CCCCCCCCCCCCCC(=O)O. The Morgan fingerprint density at radius 3 is 1.23 bits per heavy atom. The first kappa shape index (κ1) is 49.4. The number of unbranched alkanes of at least 4 members (excludes halogenated alkanes) is 18. The van der Waals surface area contributed by atoms with Crippen LogP contribution in [0.4, 0.5) is 0 Å². The van der Waals surface area contributed by atoms with Crippen molar-refractivity contribution in [2.45, 2.75) is 219 Å². The summed E-state index contributed by atoms with van der Waals surface area (Å²) >= 11 is 0. The van der Waals surface area contributed by atoms with E-state index in [1.165, 1.54) is 89.9 Å². The van der Waals surface area contributed by atoms with Crippen molar-refractivity contribution in [3.63, 3.8) is 0 Å². The highest BCUT2D eigenvalue weighted by molar-refractivity contribution is 5.69. The van der Waals surface area contributed by atoms with Crippen LogP contribution in [0.2, 0.25) is 0 Å². The van der Waals surface area contributed by atoms with Crippen molar-refractivity contribution in [1.29, 1.82) is 0 Å². The van der Waals surface area contributed by atoms with Gasteiger partial charge in [0.15, 0.2) is 0 Å². The lowest BCUT2D eigenvalue weighted by Crippen LogP contribution is -2.18. The number of carbonyl (C=O) groups excluding carboxylic acids is 1. The lowest BCUT2D eigenvalue weighted by molar-refractivity contribution is -0.150. The Labute approximate surface area is 322 Å². The minimum Gasteiger partial charge on any atom is -0.481 e. The van der Waals surface area contributed by atoms with E-state index in [1.807, 2.05) is 0 Å². The third kappa shape index (κ3) is 41.8. The van der Waals surface area contributed by atoms with Gasteiger partial charge in [-0.15, -0.1) is 0 Å². The minimum atomic E-state index is -0.675. The van der Waals surface area contributed by atoms with Crippen LogP contribution in [-0.4, -0.2) is 23.1 Å². The Balaban J connectivity index is 4.08. The van der Waals surface area contributed by atoms with Gasteiger partial charge in [0.05, 0.1) is 0 Å². The summed E-state index contributed by atoms with van der Waals surface area (Å²) in [5, 5.41) is 8.72. The van der Waals surface area contributed by atoms with Crippen LogP contribution < -0.4 is 0 Å². The molecule has 298 valence electrons. The predicted octanol–water partition coefficient (Wildman–Crippen LogP) is 15.5. The van der Waals surface area contributed by atoms with E-state index in [0.717, 1.165) is 96.3 Å². The number of rotatable bonds is 39. The number of allylic oxidation sites excluding steroid dienone is 12. The minimum absolute atomic E-state index is 0.00123. The number of esters is 1. The molecule has 4 heteroatoms. The normalized spacial score (nSPS) is 13.0. The van der Waals surface area contributed by atoms with Gasteiger partial charge in [-0.2, -0.15) is 0 Å². The van der Waals surface area contributed by atoms with Crippen molar-refractivity contribution in [2.75, 3.05) is 0 Å². The fourth-order valence-corrected chi connectivity index (χ4v) is 6.25. The molecule has 0 saturated carbocycles. The Bertz CT molecular complexity index is 953. The summed E-state index contributed by atoms with van der Waals surface area (Å²) in [6, 6.07) is 0. The van der Waals surface area contributed by atoms with E-state index in [4.69, 9.17) is 9.84 Å². The molecule has 4 nitrogen and oxygen atoms in total. The monoisotopic (exact) mass is 723 g/mol. The summed E-state index contributed by atoms with van der Waals surface area (Å²) in [5.41, 5.74) is 0. The molecule has 0 aliphatic carbocycles. The van der Waals surface area contributed by atoms with E-state index in [0.29, 0.717) is 12.8 Å². The van der Waals surface area contributed by atoms with Crippen LogP contribution in [0.25, 0.3) is 0 Å². The van der Waals surface area contributed by atoms with Crippen LogP contribution in [0.5, 0.6) is 0 Å². The van der Waals surface area contributed by atoms with Gasteiger partial charge in [0, 0.05) is 12.8 Å². The number of hydrogen-bond donors (Lipinski definition) is 1. The number of carboxylic acids is 1. The van der Waals surface area contributed by atoms with Gasteiger partial charge in [-0.3, -0.25) is 9.59 Å². The van der Waals surface area contributed by atoms with E-state index in [-0.39, 0.29) is 12.1 Å². The average molecular weight is 723 g/mol. The number of carbonyl (C=O) groups is 2. The molecule has 0 radical (unpaired) electrons. The van der Waals surface area contributed by atoms with Crippen LogP contribution in [0, 0.1) is 0 Å². The smallest absolute Gasteiger partial charge is 0.306 e. The first-order chi connectivity index (χ1) is 25.6. The highest BCUT2D eigenvalue weighted by Gasteiger charge is 2.14. The Morgan fingerprint density at radius 2 is 0.808 bits per heavy atom. The summed E-state index contributed by atoms with van der Waals surface area (Å²) in [4.78, 5) is 23.3. The van der Waals surface area contributed by atoms with Gasteiger partial charge >= 0.3 is 11.9 Å². The van der Waals surface area contributed by atoms with E-state index in [2.05, 4.69) is 86.8 Å². The molecule has 0 aromatic carbocycles. The molecular formula is C48H82O4. The molecule has 0 saturated heterocycles. The van der Waals surface area contributed by atoms with Crippen molar-refractivity contribution in [2.24, 2.45) is 0 Å². The molecule has 0 aliphatic heterocycles. The van der Waals surface area contributed by atoms with Gasteiger partial charge in [-0.1, -0.05) is 183 Å². The quantitative estimate of drug-likeness (QED) is 0.0390. The number of aliphatic carboxylic acids is 1. The first-order valence-electron chi connectivity index (χ1n) is 21.9. The van der Waals surface area contributed by atoms with E-state index in [9.17, 15) is 9.59 Å². The molecule has 0 rings (SSSR count). The zero-order valence-corrected chi connectivity index (χ0v) is 34.1. The average Bonchev–Trinajstić information content (AvgIpc) is 3.13. The molecule has 0 fully saturated rings. The van der Waals surface area contributed by atoms with Crippen molar-refractivity contribution in [3.05, 3.63) is 72.9 Å². The second-order valence-corrected chi connectivity index (χ2v) is 14.5. The summed E-state index contributed by atoms with van der Waals surface area (Å²) in [6.07, 6.45) is 60.8. The summed E-state index contributed by atoms with van der Waals surface area (Å²) in [7, 11) is 0. The van der Waals surface area contributed by atoms with Crippen LogP contribution in [0.15, 0.2) is 72.9 Å². The highest BCUT2D eigenvalue weighted by atomic mass is 16.5. The molecule has 0 spiro atoms. The topological polar surface area (TPSA) is 63.6 Å². The van der Waals surface area contributed by atoms with Crippen LogP contribution in [-0.2, 0) is 14.3 Å². The number of carboxylic acid groups (broad SMARTS) is 1. The molecule has 0 amide bonds. The van der Waals surface area contributed by atoms with E-state index in [1.54, 1.807) is 0 Å². The molecule has 1 atom stereocenters. The molecule has 1 unspecified atom stereocenters. The zero-order chi connectivity index (χ0) is 37.8. The molecule has 0 aromatic rings. The second-order valence-electron chi connectivity index (χ2n) is 14.5. The molecule has 0 bridgehead atoms. The summed E-state index contributed by atoms with van der Waals surface area (Å²) in [6.45, 7) is 4.43. The van der Waals surface area contributed by atoms with Crippen molar-refractivity contribution in [1.82, 2.24) is 0 Å². The number of hydrogen-bond acceptors (Lipinski definition) is 3. The maximum Gasteiger partial charge on any atom is 0.306 e. The summed E-state index contributed by atoms with van der Waals surface area (Å²) < 4.78 is 6.04. The molecule has 0 aromatic heterocycles.